The van der Waals surface area contributed by atoms with Crippen molar-refractivity contribution in [1.29, 1.82) is 0 Å². The van der Waals surface area contributed by atoms with Crippen molar-refractivity contribution in [3.8, 4) is 0 Å². The van der Waals surface area contributed by atoms with Gasteiger partial charge >= 0.3 is 11.8 Å². The van der Waals surface area contributed by atoms with Crippen LogP contribution in [0.15, 0.2) is 18.2 Å². The van der Waals surface area contributed by atoms with Gasteiger partial charge in [-0.05, 0) is 30.5 Å². The van der Waals surface area contributed by atoms with Gasteiger partial charge < -0.3 is 20.3 Å². The number of quaternary nitrogens is 1. The first-order valence-corrected chi connectivity index (χ1v) is 11.3. The monoisotopic (exact) mass is 411 g/mol. The molecule has 0 spiro atoms. The van der Waals surface area contributed by atoms with Gasteiger partial charge in [0.1, 0.15) is 13.1 Å². The van der Waals surface area contributed by atoms with Crippen LogP contribution >= 0.6 is 0 Å². The number of hydrogen-bond donors (Lipinski definition) is 3. The van der Waals surface area contributed by atoms with Crippen molar-refractivity contribution >= 4 is 33.2 Å². The molecule has 1 aromatic rings. The highest BCUT2D eigenvalue weighted by atomic mass is 32.2. The molecular weight excluding hydrogens is 384 g/mol. The summed E-state index contributed by atoms with van der Waals surface area (Å²) >= 11 is 0. The van der Waals surface area contributed by atoms with Crippen molar-refractivity contribution < 1.29 is 27.6 Å². The van der Waals surface area contributed by atoms with Gasteiger partial charge in [-0.1, -0.05) is 6.07 Å². The van der Waals surface area contributed by atoms with Gasteiger partial charge in [-0.15, -0.1) is 0 Å². The number of benzene rings is 1. The molecule has 28 heavy (non-hydrogen) atoms. The topological polar surface area (TPSA) is 109 Å². The maximum atomic E-state index is 12.2. The van der Waals surface area contributed by atoms with Crippen LogP contribution in [0.5, 0.6) is 0 Å². The average molecular weight is 412 g/mol. The van der Waals surface area contributed by atoms with Crippen molar-refractivity contribution in [1.82, 2.24) is 5.32 Å². The molecule has 1 aromatic carbocycles. The molecule has 9 nitrogen and oxygen atoms in total. The standard InChI is InChI=1S/C18H26N4O5S/c1-28(25,26)22-7-2-3-14-4-5-15(13-16(14)22)20-18(24)17(23)19-6-8-21-9-11-27-12-10-21/h4-5,13H,2-3,6-12H2,1H3,(H,19,23)(H,20,24)/p+1. The molecule has 1 saturated heterocycles. The number of anilines is 2. The normalized spacial score (nSPS) is 17.7. The van der Waals surface area contributed by atoms with Crippen molar-refractivity contribution in [2.45, 2.75) is 12.8 Å². The number of aryl methyl sites for hydroxylation is 1. The summed E-state index contributed by atoms with van der Waals surface area (Å²) in [5.41, 5.74) is 1.86. The Morgan fingerprint density at radius 1 is 1.21 bits per heavy atom. The maximum Gasteiger partial charge on any atom is 0.313 e. The fourth-order valence-corrected chi connectivity index (χ4v) is 4.48. The summed E-state index contributed by atoms with van der Waals surface area (Å²) in [4.78, 5) is 25.5. The van der Waals surface area contributed by atoms with E-state index in [1.54, 1.807) is 18.2 Å². The van der Waals surface area contributed by atoms with Gasteiger partial charge in [0.25, 0.3) is 0 Å². The summed E-state index contributed by atoms with van der Waals surface area (Å²) in [5.74, 6) is -1.47. The molecule has 0 aliphatic carbocycles. The lowest BCUT2D eigenvalue weighted by atomic mass is 10.0. The van der Waals surface area contributed by atoms with Crippen LogP contribution in [-0.4, -0.2) is 72.4 Å². The van der Waals surface area contributed by atoms with Crippen LogP contribution in [0.25, 0.3) is 0 Å². The number of sulfonamides is 1. The van der Waals surface area contributed by atoms with Gasteiger partial charge in [-0.3, -0.25) is 13.9 Å². The van der Waals surface area contributed by atoms with E-state index in [0.717, 1.165) is 44.3 Å². The zero-order valence-electron chi connectivity index (χ0n) is 16.0. The number of hydrogen-bond acceptors (Lipinski definition) is 5. The number of nitrogens with zero attached hydrogens (tertiary/aromatic N) is 1. The van der Waals surface area contributed by atoms with Crippen LogP contribution in [0, 0.1) is 0 Å². The predicted molar refractivity (Wildman–Crippen MR) is 105 cm³/mol. The number of nitrogens with one attached hydrogen (secondary N) is 3. The number of carbonyl (C=O) groups excluding carboxylic acids is 2. The summed E-state index contributed by atoms with van der Waals surface area (Å²) in [6, 6.07) is 5.09. The van der Waals surface area contributed by atoms with E-state index in [2.05, 4.69) is 10.6 Å². The van der Waals surface area contributed by atoms with Crippen LogP contribution in [0.3, 0.4) is 0 Å². The summed E-state index contributed by atoms with van der Waals surface area (Å²) < 4.78 is 30.6. The summed E-state index contributed by atoms with van der Waals surface area (Å²) in [5, 5.41) is 5.18. The molecule has 0 radical (unpaired) electrons. The van der Waals surface area contributed by atoms with Gasteiger partial charge in [0.2, 0.25) is 10.0 Å². The van der Waals surface area contributed by atoms with E-state index < -0.39 is 21.8 Å². The zero-order chi connectivity index (χ0) is 20.1. The third kappa shape index (κ3) is 5.21. The Morgan fingerprint density at radius 2 is 1.96 bits per heavy atom. The van der Waals surface area contributed by atoms with Crippen LogP contribution < -0.4 is 19.8 Å². The third-order valence-corrected chi connectivity index (χ3v) is 6.17. The number of morpholine rings is 1. The lowest BCUT2D eigenvalue weighted by molar-refractivity contribution is -0.906. The lowest BCUT2D eigenvalue weighted by Gasteiger charge is -2.29. The Bertz CT molecular complexity index is 836. The molecular formula is C18H27N4O5S+. The third-order valence-electron chi connectivity index (χ3n) is 4.99. The molecule has 2 heterocycles. The smallest absolute Gasteiger partial charge is 0.313 e. The lowest BCUT2D eigenvalue weighted by Crippen LogP contribution is -3.14. The molecule has 0 saturated carbocycles. The molecule has 0 unspecified atom stereocenters. The Labute approximate surface area is 165 Å². The fraction of sp³-hybridized carbons (Fsp3) is 0.556. The molecule has 3 rings (SSSR count). The SMILES string of the molecule is CS(=O)(=O)N1CCCc2ccc(NC(=O)C(=O)NCC[NH+]3CCOCC3)cc21. The molecule has 154 valence electrons. The van der Waals surface area contributed by atoms with Gasteiger partial charge in [-0.2, -0.15) is 0 Å². The molecule has 2 aliphatic heterocycles. The minimum atomic E-state index is -3.39. The van der Waals surface area contributed by atoms with E-state index in [9.17, 15) is 18.0 Å². The zero-order valence-corrected chi connectivity index (χ0v) is 16.8. The minimum Gasteiger partial charge on any atom is -0.370 e. The molecule has 0 aromatic heterocycles. The highest BCUT2D eigenvalue weighted by Crippen LogP contribution is 2.31. The van der Waals surface area contributed by atoms with Crippen LogP contribution in [0.2, 0.25) is 0 Å². The Kier molecular flexibility index (Phi) is 6.53. The Balaban J connectivity index is 1.57. The Morgan fingerprint density at radius 3 is 2.68 bits per heavy atom. The molecule has 2 aliphatic rings. The van der Waals surface area contributed by atoms with E-state index in [1.807, 2.05) is 0 Å². The van der Waals surface area contributed by atoms with E-state index in [1.165, 1.54) is 9.21 Å². The number of rotatable bonds is 5. The predicted octanol–water partition coefficient (Wildman–Crippen LogP) is -1.63. The van der Waals surface area contributed by atoms with E-state index in [-0.39, 0.29) is 0 Å². The summed E-state index contributed by atoms with van der Waals surface area (Å²) in [7, 11) is -3.39. The molecule has 10 heteroatoms. The number of ether oxygens (including phenoxy) is 1. The van der Waals surface area contributed by atoms with Crippen LogP contribution in [0.1, 0.15) is 12.0 Å². The molecule has 1 fully saturated rings. The summed E-state index contributed by atoms with van der Waals surface area (Å²) in [6.07, 6.45) is 2.69. The van der Waals surface area contributed by atoms with E-state index in [0.29, 0.717) is 37.7 Å². The van der Waals surface area contributed by atoms with Crippen molar-refractivity contribution in [2.24, 2.45) is 0 Å². The second-order valence-electron chi connectivity index (χ2n) is 7.10. The maximum absolute atomic E-state index is 12.2. The van der Waals surface area contributed by atoms with Crippen LogP contribution in [0.4, 0.5) is 11.4 Å². The fourth-order valence-electron chi connectivity index (χ4n) is 3.49. The second kappa shape index (κ2) is 8.89. The highest BCUT2D eigenvalue weighted by Gasteiger charge is 2.25. The summed E-state index contributed by atoms with van der Waals surface area (Å²) in [6.45, 7) is 4.78. The first kappa shape index (κ1) is 20.6. The van der Waals surface area contributed by atoms with E-state index >= 15 is 0 Å². The van der Waals surface area contributed by atoms with Gasteiger partial charge in [0.05, 0.1) is 38.2 Å². The Hall–Kier alpha value is -2.17. The van der Waals surface area contributed by atoms with Gasteiger partial charge in [0.15, 0.2) is 0 Å². The van der Waals surface area contributed by atoms with Crippen molar-refractivity contribution in [2.75, 3.05) is 61.8 Å². The average Bonchev–Trinajstić information content (AvgIpc) is 2.67. The second-order valence-corrected chi connectivity index (χ2v) is 9.01. The molecule has 2 amide bonds. The minimum absolute atomic E-state index is 0.397. The quantitative estimate of drug-likeness (QED) is 0.504. The van der Waals surface area contributed by atoms with E-state index in [4.69, 9.17) is 4.74 Å². The van der Waals surface area contributed by atoms with Crippen LogP contribution in [-0.2, 0) is 30.8 Å². The molecule has 3 N–H and O–H groups in total. The largest absolute Gasteiger partial charge is 0.370 e. The van der Waals surface area contributed by atoms with Gasteiger partial charge in [0, 0.05) is 12.2 Å². The van der Waals surface area contributed by atoms with Gasteiger partial charge in [-0.25, -0.2) is 8.42 Å². The van der Waals surface area contributed by atoms with Crippen molar-refractivity contribution in [3.63, 3.8) is 0 Å². The number of amides is 2. The molecule has 0 bridgehead atoms. The first-order valence-electron chi connectivity index (χ1n) is 9.46. The highest BCUT2D eigenvalue weighted by molar-refractivity contribution is 7.92. The van der Waals surface area contributed by atoms with Crippen molar-refractivity contribution in [3.05, 3.63) is 23.8 Å². The first-order chi connectivity index (χ1) is 13.3. The number of fused-ring (bicyclic) bond motifs is 1. The molecule has 0 atom stereocenters. The number of carbonyl (C=O) groups is 2.